The first-order valence-electron chi connectivity index (χ1n) is 17.6. The second-order valence-corrected chi connectivity index (χ2v) is 13.0. The van der Waals surface area contributed by atoms with Gasteiger partial charge in [-0.25, -0.2) is 0 Å². The van der Waals surface area contributed by atoms with E-state index in [9.17, 15) is 19.2 Å². The molecule has 274 valence electrons. The lowest BCUT2D eigenvalue weighted by Crippen LogP contribution is -2.58. The Morgan fingerprint density at radius 3 is 1.68 bits per heavy atom. The van der Waals surface area contributed by atoms with E-state index >= 15 is 0 Å². The lowest BCUT2D eigenvalue weighted by Gasteiger charge is -2.26. The monoisotopic (exact) mass is 714 g/mol. The highest BCUT2D eigenvalue weighted by atomic mass is 16.5. The van der Waals surface area contributed by atoms with Gasteiger partial charge in [-0.05, 0) is 70.6 Å². The van der Waals surface area contributed by atoms with Crippen molar-refractivity contribution in [2.24, 2.45) is 11.5 Å². The zero-order valence-electron chi connectivity index (χ0n) is 29.7. The van der Waals surface area contributed by atoms with Crippen molar-refractivity contribution in [3.63, 3.8) is 0 Å². The molecule has 0 saturated carbocycles. The van der Waals surface area contributed by atoms with Crippen LogP contribution in [0, 0.1) is 0 Å². The Labute approximate surface area is 309 Å². The van der Waals surface area contributed by atoms with Gasteiger partial charge in [0.2, 0.25) is 23.6 Å². The molecule has 0 saturated heterocycles. The fourth-order valence-electron chi connectivity index (χ4n) is 6.04. The molecule has 53 heavy (non-hydrogen) atoms. The summed E-state index contributed by atoms with van der Waals surface area (Å²) >= 11 is 0. The summed E-state index contributed by atoms with van der Waals surface area (Å²) < 4.78 is 5.57. The van der Waals surface area contributed by atoms with E-state index in [1.807, 2.05) is 91.9 Å². The van der Waals surface area contributed by atoms with Crippen LogP contribution in [0.4, 0.5) is 5.69 Å². The average Bonchev–Trinajstić information content (AvgIpc) is 3.15. The van der Waals surface area contributed by atoms with Gasteiger partial charge in [0, 0.05) is 24.9 Å². The van der Waals surface area contributed by atoms with Crippen molar-refractivity contribution in [3.05, 3.63) is 144 Å². The van der Waals surface area contributed by atoms with E-state index < -0.39 is 47.8 Å². The first-order valence-corrected chi connectivity index (χ1v) is 17.6. The molecule has 5 rings (SSSR count). The molecule has 0 spiro atoms. The van der Waals surface area contributed by atoms with Gasteiger partial charge in [0.05, 0.1) is 12.6 Å². The molecule has 5 aromatic carbocycles. The molecule has 0 aliphatic heterocycles. The summed E-state index contributed by atoms with van der Waals surface area (Å²) in [5.41, 5.74) is 21.6. The molecule has 11 heteroatoms. The minimum atomic E-state index is -1.14. The first-order chi connectivity index (χ1) is 25.6. The molecule has 4 unspecified atom stereocenters. The van der Waals surface area contributed by atoms with E-state index in [1.165, 1.54) is 0 Å². The molecule has 0 bridgehead atoms. The fourth-order valence-corrected chi connectivity index (χ4v) is 6.04. The van der Waals surface area contributed by atoms with Gasteiger partial charge in [-0.15, -0.1) is 0 Å². The fraction of sp³-hybridized carbons (Fsp3) is 0.238. The summed E-state index contributed by atoms with van der Waals surface area (Å²) in [6, 6.07) is 32.8. The molecule has 0 radical (unpaired) electrons. The highest BCUT2D eigenvalue weighted by Crippen LogP contribution is 2.18. The van der Waals surface area contributed by atoms with Crippen molar-refractivity contribution in [3.8, 4) is 5.75 Å². The predicted molar refractivity (Wildman–Crippen MR) is 207 cm³/mol. The van der Waals surface area contributed by atoms with Gasteiger partial charge in [0.15, 0.2) is 0 Å². The third-order valence-corrected chi connectivity index (χ3v) is 8.91. The summed E-state index contributed by atoms with van der Waals surface area (Å²) in [4.78, 5) is 54.3. The minimum Gasteiger partial charge on any atom is -0.494 e. The van der Waals surface area contributed by atoms with E-state index in [2.05, 4.69) is 16.0 Å². The van der Waals surface area contributed by atoms with Gasteiger partial charge in [-0.1, -0.05) is 97.1 Å². The van der Waals surface area contributed by atoms with Crippen LogP contribution in [-0.2, 0) is 44.9 Å². The Kier molecular flexibility index (Phi) is 13.2. The molecule has 9 N–H and O–H groups in total. The summed E-state index contributed by atoms with van der Waals surface area (Å²) in [7, 11) is 0. The number of nitrogens with one attached hydrogen (secondary N) is 3. The molecule has 0 aliphatic rings. The smallest absolute Gasteiger partial charge is 0.243 e. The third-order valence-electron chi connectivity index (χ3n) is 8.91. The minimum absolute atomic E-state index is 0.0903. The van der Waals surface area contributed by atoms with Crippen LogP contribution in [0.3, 0.4) is 0 Å². The van der Waals surface area contributed by atoms with Crippen molar-refractivity contribution in [2.45, 2.75) is 56.8 Å². The maximum atomic E-state index is 14.2. The number of benzene rings is 5. The molecule has 11 nitrogen and oxygen atoms in total. The van der Waals surface area contributed by atoms with Crippen LogP contribution in [0.25, 0.3) is 10.8 Å². The standard InChI is InChI=1S/C42H46N6O5/c1-2-53-34-20-15-29(16-21-34)25-37(47-40(50)35(44)23-27-8-4-3-5-9-27)42(52)48-38(26-30-12-17-31-10-6-7-11-32(31)22-30)41(51)46-36(39(45)49)24-28-13-18-33(43)19-14-28/h3-22,35-38H,2,23-26,43-44H2,1H3,(H2,45,49)(H,46,51)(H,47,50)(H,48,52). The number of ether oxygens (including phenoxy) is 1. The van der Waals surface area contributed by atoms with E-state index in [-0.39, 0.29) is 25.7 Å². The Morgan fingerprint density at radius 2 is 1.06 bits per heavy atom. The number of hydrogen-bond donors (Lipinski definition) is 6. The van der Waals surface area contributed by atoms with Crippen LogP contribution in [0.15, 0.2) is 121 Å². The molecule has 4 atom stereocenters. The summed E-state index contributed by atoms with van der Waals surface area (Å²) in [5, 5.41) is 10.4. The number of anilines is 1. The van der Waals surface area contributed by atoms with E-state index in [1.54, 1.807) is 36.4 Å². The molecule has 4 amide bonds. The summed E-state index contributed by atoms with van der Waals surface area (Å²) in [6.07, 6.45) is 0.577. The number of nitrogen functional groups attached to an aromatic ring is 1. The maximum absolute atomic E-state index is 14.2. The number of fused-ring (bicyclic) bond motifs is 1. The highest BCUT2D eigenvalue weighted by Gasteiger charge is 2.31. The van der Waals surface area contributed by atoms with Crippen LogP contribution in [0.5, 0.6) is 5.75 Å². The number of amides is 4. The third kappa shape index (κ3) is 11.1. The van der Waals surface area contributed by atoms with Gasteiger partial charge in [0.25, 0.3) is 0 Å². The van der Waals surface area contributed by atoms with E-state index in [0.717, 1.165) is 33.0 Å². The van der Waals surface area contributed by atoms with Crippen LogP contribution in [0.1, 0.15) is 29.2 Å². The summed E-state index contributed by atoms with van der Waals surface area (Å²) in [6.45, 7) is 2.38. The SMILES string of the molecule is CCOc1ccc(CC(NC(=O)C(N)Cc2ccccc2)C(=O)NC(Cc2ccc3ccccc3c2)C(=O)NC(Cc2ccc(N)cc2)C(N)=O)cc1. The number of rotatable bonds is 17. The Morgan fingerprint density at radius 1 is 0.566 bits per heavy atom. The van der Waals surface area contributed by atoms with Crippen LogP contribution >= 0.6 is 0 Å². The first kappa shape index (κ1) is 38.0. The maximum Gasteiger partial charge on any atom is 0.243 e. The number of carbonyl (C=O) groups is 4. The quantitative estimate of drug-likeness (QED) is 0.0796. The second-order valence-electron chi connectivity index (χ2n) is 13.0. The average molecular weight is 715 g/mol. The normalized spacial score (nSPS) is 13.2. The van der Waals surface area contributed by atoms with Gasteiger partial charge < -0.3 is 37.9 Å². The van der Waals surface area contributed by atoms with E-state index in [0.29, 0.717) is 18.0 Å². The number of hydrogen-bond acceptors (Lipinski definition) is 7. The largest absolute Gasteiger partial charge is 0.494 e. The van der Waals surface area contributed by atoms with Crippen molar-refractivity contribution < 1.29 is 23.9 Å². The Balaban J connectivity index is 1.41. The second kappa shape index (κ2) is 18.3. The number of primary amides is 1. The molecule has 0 heterocycles. The Bertz CT molecular complexity index is 2000. The van der Waals surface area contributed by atoms with Crippen LogP contribution in [-0.4, -0.2) is 54.4 Å². The van der Waals surface area contributed by atoms with Crippen LogP contribution in [0.2, 0.25) is 0 Å². The van der Waals surface area contributed by atoms with Gasteiger partial charge in [-0.2, -0.15) is 0 Å². The lowest BCUT2D eigenvalue weighted by molar-refractivity contribution is -0.133. The number of nitrogens with two attached hydrogens (primary N) is 3. The molecule has 0 fully saturated rings. The highest BCUT2D eigenvalue weighted by molar-refractivity contribution is 5.95. The molecular formula is C42H46N6O5. The zero-order chi connectivity index (χ0) is 37.7. The van der Waals surface area contributed by atoms with Gasteiger partial charge in [-0.3, -0.25) is 19.2 Å². The van der Waals surface area contributed by atoms with Crippen molar-refractivity contribution in [1.29, 1.82) is 0 Å². The van der Waals surface area contributed by atoms with E-state index in [4.69, 9.17) is 21.9 Å². The molecular weight excluding hydrogens is 668 g/mol. The topological polar surface area (TPSA) is 192 Å². The molecule has 5 aromatic rings. The lowest BCUT2D eigenvalue weighted by atomic mass is 9.99. The van der Waals surface area contributed by atoms with Crippen LogP contribution < -0.4 is 37.9 Å². The zero-order valence-corrected chi connectivity index (χ0v) is 29.7. The van der Waals surface area contributed by atoms with Gasteiger partial charge in [0.1, 0.15) is 23.9 Å². The Hall–Kier alpha value is -6.20. The summed E-state index contributed by atoms with van der Waals surface area (Å²) in [5.74, 6) is -1.81. The van der Waals surface area contributed by atoms with Crippen molar-refractivity contribution in [1.82, 2.24) is 16.0 Å². The molecule has 0 aromatic heterocycles. The number of carbonyl (C=O) groups excluding carboxylic acids is 4. The molecule has 0 aliphatic carbocycles. The van der Waals surface area contributed by atoms with Gasteiger partial charge >= 0.3 is 0 Å². The van der Waals surface area contributed by atoms with Crippen molar-refractivity contribution in [2.75, 3.05) is 12.3 Å². The van der Waals surface area contributed by atoms with Crippen molar-refractivity contribution >= 4 is 40.1 Å². The predicted octanol–water partition coefficient (Wildman–Crippen LogP) is 3.36.